The monoisotopic (exact) mass is 246 g/mol. The first-order valence-corrected chi connectivity index (χ1v) is 7.43. The van der Waals surface area contributed by atoms with E-state index >= 15 is 0 Å². The molecule has 6 nitrogen and oxygen atoms in total. The highest BCUT2D eigenvalue weighted by atomic mass is 31.2. The van der Waals surface area contributed by atoms with E-state index in [2.05, 4.69) is 0 Å². The topological polar surface area (TPSA) is 92.7 Å². The molecule has 0 radical (unpaired) electrons. The van der Waals surface area contributed by atoms with Crippen molar-refractivity contribution in [2.45, 2.75) is 31.7 Å². The highest BCUT2D eigenvalue weighted by molar-refractivity contribution is 7.57. The fourth-order valence-corrected chi connectivity index (χ4v) is 4.33. The molecule has 2 rings (SSSR count). The lowest BCUT2D eigenvalue weighted by atomic mass is 10.1. The molecule has 0 saturated carbocycles. The van der Waals surface area contributed by atoms with Gasteiger partial charge in [-0.05, 0) is 25.7 Å². The van der Waals surface area contributed by atoms with Gasteiger partial charge in [0.25, 0.3) is 0 Å². The predicted molar refractivity (Wildman–Crippen MR) is 61.5 cm³/mol. The molecule has 1 amide bonds. The van der Waals surface area contributed by atoms with E-state index in [0.29, 0.717) is 26.1 Å². The molecule has 2 heterocycles. The van der Waals surface area contributed by atoms with Crippen LogP contribution in [-0.2, 0) is 9.36 Å². The molecule has 0 bridgehead atoms. The summed E-state index contributed by atoms with van der Waals surface area (Å²) in [6.07, 6.45) is 3.43. The zero-order valence-electron chi connectivity index (χ0n) is 9.34. The fourth-order valence-electron chi connectivity index (χ4n) is 2.31. The molecule has 2 saturated heterocycles. The number of carbonyl (C=O) groups is 1. The average molecular weight is 246 g/mol. The van der Waals surface area contributed by atoms with Crippen LogP contribution < -0.4 is 11.2 Å². The van der Waals surface area contributed by atoms with Gasteiger partial charge in [0.15, 0.2) is 0 Å². The van der Waals surface area contributed by atoms with Crippen molar-refractivity contribution in [1.29, 1.82) is 0 Å². The van der Waals surface area contributed by atoms with Crippen LogP contribution in [0.2, 0.25) is 0 Å². The van der Waals surface area contributed by atoms with Crippen LogP contribution in [0, 0.1) is 0 Å². The number of hydrogen-bond acceptors (Lipinski definition) is 3. The highest BCUT2D eigenvalue weighted by Gasteiger charge is 2.41. The maximum Gasteiger partial charge on any atom is 0.308 e. The van der Waals surface area contributed by atoms with Crippen LogP contribution in [0.3, 0.4) is 0 Å². The van der Waals surface area contributed by atoms with Gasteiger partial charge in [0.1, 0.15) is 0 Å². The third-order valence-electron chi connectivity index (χ3n) is 3.29. The molecule has 1 unspecified atom stereocenters. The minimum absolute atomic E-state index is 0.260. The zero-order valence-corrected chi connectivity index (χ0v) is 10.2. The van der Waals surface area contributed by atoms with E-state index in [9.17, 15) is 9.36 Å². The molecule has 7 heteroatoms. The second kappa shape index (κ2) is 4.45. The van der Waals surface area contributed by atoms with Gasteiger partial charge in [0, 0.05) is 19.6 Å². The molecule has 0 aromatic rings. The lowest BCUT2D eigenvalue weighted by molar-refractivity contribution is -0.130. The lowest BCUT2D eigenvalue weighted by Gasteiger charge is -2.38. The Morgan fingerprint density at radius 2 is 1.81 bits per heavy atom. The Morgan fingerprint density at radius 1 is 1.19 bits per heavy atom. The predicted octanol–water partition coefficient (Wildman–Crippen LogP) is 0.0987. The summed E-state index contributed by atoms with van der Waals surface area (Å²) in [4.78, 5) is 11.9. The Morgan fingerprint density at radius 3 is 2.44 bits per heavy atom. The molecule has 92 valence electrons. The van der Waals surface area contributed by atoms with Gasteiger partial charge in [-0.25, -0.2) is 4.67 Å². The minimum atomic E-state index is -3.17. The second-order valence-corrected chi connectivity index (χ2v) is 6.69. The molecular weight excluding hydrogens is 227 g/mol. The Balaban J connectivity index is 2.15. The molecule has 0 spiro atoms. The Kier molecular flexibility index (Phi) is 3.35. The average Bonchev–Trinajstić information content (AvgIpc) is 2.75. The van der Waals surface area contributed by atoms with Crippen molar-refractivity contribution < 1.29 is 9.36 Å². The quantitative estimate of drug-likeness (QED) is 0.674. The lowest BCUT2D eigenvalue weighted by Crippen LogP contribution is -2.50. The van der Waals surface area contributed by atoms with E-state index in [1.54, 1.807) is 4.67 Å². The second-order valence-electron chi connectivity index (χ2n) is 4.46. The van der Waals surface area contributed by atoms with E-state index in [-0.39, 0.29) is 5.91 Å². The zero-order chi connectivity index (χ0) is 11.8. The number of amides is 1. The smallest absolute Gasteiger partial charge is 0.308 e. The molecule has 2 aliphatic rings. The molecule has 0 aliphatic carbocycles. The number of hydrogen-bond donors (Lipinski definition) is 2. The Hall–Kier alpha value is -0.420. The third kappa shape index (κ3) is 2.02. The molecule has 2 atom stereocenters. The number of nitrogens with two attached hydrogens (primary N) is 2. The maximum atomic E-state index is 12.5. The summed E-state index contributed by atoms with van der Waals surface area (Å²) in [7, 11) is -3.17. The third-order valence-corrected chi connectivity index (χ3v) is 5.59. The van der Waals surface area contributed by atoms with Crippen LogP contribution in [0.25, 0.3) is 0 Å². The normalized spacial score (nSPS) is 31.8. The van der Waals surface area contributed by atoms with E-state index < -0.39 is 13.6 Å². The standard InChI is InChI=1S/C9H19N4O2P/c10-8-4-3-7-13(9(8)14)16(11,15)12-5-1-2-6-12/h8H,1-7,10H2,(H2,11,15)/t8-,16?/m0/s1. The number of nitrogens with zero attached hydrogens (tertiary/aromatic N) is 2. The van der Waals surface area contributed by atoms with Gasteiger partial charge < -0.3 is 5.73 Å². The van der Waals surface area contributed by atoms with Crippen LogP contribution in [-0.4, -0.2) is 40.9 Å². The fraction of sp³-hybridized carbons (Fsp3) is 0.889. The molecule has 2 aliphatic heterocycles. The first-order chi connectivity index (χ1) is 7.53. The maximum absolute atomic E-state index is 12.5. The van der Waals surface area contributed by atoms with Crippen LogP contribution in [0.1, 0.15) is 25.7 Å². The van der Waals surface area contributed by atoms with Crippen molar-refractivity contribution in [2.75, 3.05) is 19.6 Å². The highest BCUT2D eigenvalue weighted by Crippen LogP contribution is 2.48. The summed E-state index contributed by atoms with van der Waals surface area (Å²) in [5.74, 6) is -0.260. The summed E-state index contributed by atoms with van der Waals surface area (Å²) in [5, 5.41) is 0. The van der Waals surface area contributed by atoms with Crippen molar-refractivity contribution in [3.63, 3.8) is 0 Å². The Bertz CT molecular complexity index is 329. The van der Waals surface area contributed by atoms with Crippen LogP contribution in [0.5, 0.6) is 0 Å². The van der Waals surface area contributed by atoms with Gasteiger partial charge in [-0.1, -0.05) is 0 Å². The SMILES string of the molecule is N[C@H]1CCCN(P(N)(=O)N2CCCC2)C1=O. The van der Waals surface area contributed by atoms with Crippen molar-refractivity contribution in [3.05, 3.63) is 0 Å². The van der Waals surface area contributed by atoms with Crippen molar-refractivity contribution in [2.24, 2.45) is 11.2 Å². The Labute approximate surface area is 95.5 Å². The first-order valence-electron chi connectivity index (χ1n) is 5.75. The largest absolute Gasteiger partial charge is 0.320 e. The summed E-state index contributed by atoms with van der Waals surface area (Å²) < 4.78 is 15.5. The van der Waals surface area contributed by atoms with E-state index in [4.69, 9.17) is 11.2 Å². The summed E-state index contributed by atoms with van der Waals surface area (Å²) >= 11 is 0. The van der Waals surface area contributed by atoms with E-state index in [1.807, 2.05) is 0 Å². The molecule has 0 aromatic heterocycles. The van der Waals surface area contributed by atoms with Gasteiger partial charge in [-0.2, -0.15) is 0 Å². The number of piperidine rings is 1. The van der Waals surface area contributed by atoms with Crippen molar-refractivity contribution >= 4 is 13.5 Å². The minimum Gasteiger partial charge on any atom is -0.320 e. The summed E-state index contributed by atoms with van der Waals surface area (Å²) in [5.41, 5.74) is 11.6. The number of carbonyl (C=O) groups excluding carboxylic acids is 1. The van der Waals surface area contributed by atoms with Crippen LogP contribution in [0.15, 0.2) is 0 Å². The molecule has 0 aromatic carbocycles. The summed E-state index contributed by atoms with van der Waals surface area (Å²) in [6.45, 7) is 1.90. The van der Waals surface area contributed by atoms with E-state index in [1.165, 1.54) is 4.67 Å². The first kappa shape index (κ1) is 12.0. The number of rotatable bonds is 2. The molecule has 4 N–H and O–H groups in total. The van der Waals surface area contributed by atoms with Crippen molar-refractivity contribution in [1.82, 2.24) is 9.34 Å². The van der Waals surface area contributed by atoms with Gasteiger partial charge in [0.2, 0.25) is 5.91 Å². The molecular formula is C9H19N4O2P. The summed E-state index contributed by atoms with van der Waals surface area (Å²) in [6, 6.07) is -0.534. The van der Waals surface area contributed by atoms with Crippen LogP contribution in [0.4, 0.5) is 0 Å². The molecule has 16 heavy (non-hydrogen) atoms. The van der Waals surface area contributed by atoms with E-state index in [0.717, 1.165) is 19.3 Å². The van der Waals surface area contributed by atoms with Crippen molar-refractivity contribution in [3.8, 4) is 0 Å². The van der Waals surface area contributed by atoms with Crippen LogP contribution >= 0.6 is 7.59 Å². The van der Waals surface area contributed by atoms with Gasteiger partial charge in [-0.3, -0.25) is 19.5 Å². The van der Waals surface area contributed by atoms with Gasteiger partial charge in [-0.15, -0.1) is 0 Å². The van der Waals surface area contributed by atoms with Gasteiger partial charge in [0.05, 0.1) is 6.04 Å². The van der Waals surface area contributed by atoms with Gasteiger partial charge >= 0.3 is 7.59 Å². The molecule has 2 fully saturated rings.